The maximum Gasteiger partial charge on any atom is 0.408 e. The largest absolute Gasteiger partial charge is 0.458 e. The minimum absolute atomic E-state index is 0.159. The average Bonchev–Trinajstić information content (AvgIpc) is 3.19. The van der Waals surface area contributed by atoms with Crippen LogP contribution in [-0.2, 0) is 20.7 Å². The summed E-state index contributed by atoms with van der Waals surface area (Å²) < 4.78 is 10.7. The molecule has 11 heteroatoms. The van der Waals surface area contributed by atoms with Gasteiger partial charge in [0.15, 0.2) is 0 Å². The summed E-state index contributed by atoms with van der Waals surface area (Å²) in [4.78, 5) is 34.0. The summed E-state index contributed by atoms with van der Waals surface area (Å²) in [6, 6.07) is -0.943. The fourth-order valence-electron chi connectivity index (χ4n) is 2.20. The average molecular weight is 471 g/mol. The molecule has 0 aliphatic heterocycles. The Kier molecular flexibility index (Phi) is 7.54. The Bertz CT molecular complexity index is 925. The number of rotatable bonds is 6. The first-order valence-corrected chi connectivity index (χ1v) is 11.3. The zero-order valence-electron chi connectivity index (χ0n) is 17.8. The molecule has 1 atom stereocenters. The van der Waals surface area contributed by atoms with E-state index in [-0.39, 0.29) is 11.4 Å². The van der Waals surface area contributed by atoms with Gasteiger partial charge in [-0.1, -0.05) is 12.2 Å². The second-order valence-electron chi connectivity index (χ2n) is 8.47. The van der Waals surface area contributed by atoms with E-state index in [1.54, 1.807) is 46.9 Å². The molecule has 0 fully saturated rings. The Hall–Kier alpha value is -2.11. The van der Waals surface area contributed by atoms with Gasteiger partial charge in [-0.05, 0) is 41.5 Å². The van der Waals surface area contributed by atoms with Crippen molar-refractivity contribution in [3.05, 3.63) is 21.5 Å². The predicted molar refractivity (Wildman–Crippen MR) is 122 cm³/mol. The molecule has 8 nitrogen and oxygen atoms in total. The highest BCUT2D eigenvalue weighted by molar-refractivity contribution is 7.80. The fourth-order valence-corrected chi connectivity index (χ4v) is 4.06. The normalized spacial score (nSPS) is 12.9. The second kappa shape index (κ2) is 9.36. The van der Waals surface area contributed by atoms with Gasteiger partial charge in [0.05, 0.1) is 5.01 Å². The summed E-state index contributed by atoms with van der Waals surface area (Å²) in [5.74, 6) is -0.560. The highest BCUT2D eigenvalue weighted by Crippen LogP contribution is 2.26. The molecule has 0 unspecified atom stereocenters. The van der Waals surface area contributed by atoms with Crippen molar-refractivity contribution in [1.82, 2.24) is 15.3 Å². The van der Waals surface area contributed by atoms with Crippen LogP contribution >= 0.6 is 34.9 Å². The maximum absolute atomic E-state index is 12.7. The molecule has 2 rings (SSSR count). The zero-order valence-corrected chi connectivity index (χ0v) is 20.2. The number of thiocarbonyl (C=S) groups is 1. The summed E-state index contributed by atoms with van der Waals surface area (Å²) in [6.45, 7) is 10.5. The molecule has 0 saturated carbocycles. The van der Waals surface area contributed by atoms with Crippen molar-refractivity contribution in [3.63, 3.8) is 0 Å². The lowest BCUT2D eigenvalue weighted by atomic mass is 10.1. The van der Waals surface area contributed by atoms with Gasteiger partial charge in [0.1, 0.15) is 38.6 Å². The zero-order chi connectivity index (χ0) is 22.7. The molecule has 0 bridgehead atoms. The minimum Gasteiger partial charge on any atom is -0.458 e. The quantitative estimate of drug-likeness (QED) is 0.485. The van der Waals surface area contributed by atoms with Gasteiger partial charge in [-0.15, -0.1) is 22.7 Å². The number of alkyl carbamates (subject to hydrolysis) is 1. The van der Waals surface area contributed by atoms with Crippen molar-refractivity contribution in [2.75, 3.05) is 0 Å². The monoisotopic (exact) mass is 470 g/mol. The van der Waals surface area contributed by atoms with E-state index in [0.717, 1.165) is 0 Å². The SMILES string of the molecule is CC(C)(C)OC(=O)N[C@@H](Cc1nc(-c2nc(C(N)=S)cs2)cs1)C(=O)OC(C)(C)C. The van der Waals surface area contributed by atoms with Gasteiger partial charge in [0, 0.05) is 17.2 Å². The number of hydrogen-bond donors (Lipinski definition) is 2. The molecular formula is C19H26N4O4S3. The number of ether oxygens (including phenoxy) is 2. The molecule has 30 heavy (non-hydrogen) atoms. The molecule has 0 saturated heterocycles. The standard InChI is InChI=1S/C19H26N4O4S3/c1-18(2,3)26-16(24)10(23-17(25)27-19(4,5)6)7-13-21-12(9-29-13)15-22-11(8-30-15)14(20)28/h8-10H,7H2,1-6H3,(H2,20,28)(H,23,25)/t10-/m0/s1. The number of amides is 1. The second-order valence-corrected chi connectivity index (χ2v) is 10.7. The van der Waals surface area contributed by atoms with Crippen molar-refractivity contribution >= 4 is 51.9 Å². The van der Waals surface area contributed by atoms with Crippen molar-refractivity contribution in [3.8, 4) is 10.7 Å². The molecule has 3 N–H and O–H groups in total. The van der Waals surface area contributed by atoms with Crippen LogP contribution in [0.3, 0.4) is 0 Å². The van der Waals surface area contributed by atoms with Crippen LogP contribution in [0.25, 0.3) is 10.7 Å². The molecular weight excluding hydrogens is 444 g/mol. The minimum atomic E-state index is -0.943. The third-order valence-corrected chi connectivity index (χ3v) is 5.23. The first kappa shape index (κ1) is 24.2. The number of nitrogens with one attached hydrogen (secondary N) is 1. The smallest absolute Gasteiger partial charge is 0.408 e. The van der Waals surface area contributed by atoms with Gasteiger partial charge in [-0.2, -0.15) is 0 Å². The fraction of sp³-hybridized carbons (Fsp3) is 0.526. The highest BCUT2D eigenvalue weighted by Gasteiger charge is 2.30. The van der Waals surface area contributed by atoms with E-state index in [1.807, 2.05) is 5.38 Å². The van der Waals surface area contributed by atoms with Crippen molar-refractivity contribution in [2.45, 2.75) is 65.2 Å². The lowest BCUT2D eigenvalue weighted by Crippen LogP contribution is -2.47. The Morgan fingerprint density at radius 2 is 1.73 bits per heavy atom. The van der Waals surface area contributed by atoms with Gasteiger partial charge in [0.25, 0.3) is 0 Å². The topological polar surface area (TPSA) is 116 Å². The number of aromatic nitrogens is 2. The van der Waals surface area contributed by atoms with E-state index in [1.165, 1.54) is 22.7 Å². The summed E-state index contributed by atoms with van der Waals surface area (Å²) in [6.07, 6.45) is -0.539. The molecule has 0 radical (unpaired) electrons. The van der Waals surface area contributed by atoms with Gasteiger partial charge in [0.2, 0.25) is 0 Å². The Labute approximate surface area is 189 Å². The van der Waals surface area contributed by atoms with Crippen LogP contribution in [0, 0.1) is 0 Å². The number of nitrogens with zero attached hydrogens (tertiary/aromatic N) is 2. The van der Waals surface area contributed by atoms with Crippen molar-refractivity contribution in [2.24, 2.45) is 5.73 Å². The molecule has 2 aromatic rings. The molecule has 0 aromatic carbocycles. The number of nitrogens with two attached hydrogens (primary N) is 1. The van der Waals surface area contributed by atoms with E-state index in [2.05, 4.69) is 15.3 Å². The number of carbonyl (C=O) groups is 2. The third kappa shape index (κ3) is 7.62. The van der Waals surface area contributed by atoms with Crippen molar-refractivity contribution in [1.29, 1.82) is 0 Å². The molecule has 164 valence electrons. The first-order valence-electron chi connectivity index (χ1n) is 9.16. The summed E-state index contributed by atoms with van der Waals surface area (Å²) in [5, 5.41) is 7.51. The molecule has 0 aliphatic carbocycles. The van der Waals surface area contributed by atoms with Crippen LogP contribution in [0.1, 0.15) is 52.2 Å². The van der Waals surface area contributed by atoms with Gasteiger partial charge >= 0.3 is 12.1 Å². The number of thiazole rings is 2. The third-order valence-electron chi connectivity index (χ3n) is 3.29. The van der Waals surface area contributed by atoms with Gasteiger partial charge < -0.3 is 20.5 Å². The van der Waals surface area contributed by atoms with E-state index >= 15 is 0 Å². The van der Waals surface area contributed by atoms with E-state index in [4.69, 9.17) is 27.4 Å². The maximum atomic E-state index is 12.7. The highest BCUT2D eigenvalue weighted by atomic mass is 32.1. The molecule has 2 aromatic heterocycles. The Morgan fingerprint density at radius 3 is 2.27 bits per heavy atom. The number of hydrogen-bond acceptors (Lipinski definition) is 9. The summed E-state index contributed by atoms with van der Waals surface area (Å²) in [5.41, 5.74) is 5.41. The first-order chi connectivity index (χ1) is 13.7. The van der Waals surface area contributed by atoms with E-state index in [0.29, 0.717) is 21.4 Å². The summed E-state index contributed by atoms with van der Waals surface area (Å²) in [7, 11) is 0. The van der Waals surface area contributed by atoms with Gasteiger partial charge in [-0.25, -0.2) is 19.6 Å². The molecule has 0 spiro atoms. The Balaban J connectivity index is 2.18. The van der Waals surface area contributed by atoms with Crippen molar-refractivity contribution < 1.29 is 19.1 Å². The number of esters is 1. The van der Waals surface area contributed by atoms with Crippen LogP contribution in [0.15, 0.2) is 10.8 Å². The molecule has 2 heterocycles. The van der Waals surface area contributed by atoms with Crippen LogP contribution in [0.4, 0.5) is 4.79 Å². The van der Waals surface area contributed by atoms with Crippen LogP contribution < -0.4 is 11.1 Å². The number of carbonyl (C=O) groups excluding carboxylic acids is 2. The molecule has 1 amide bonds. The lowest BCUT2D eigenvalue weighted by Gasteiger charge is -2.25. The summed E-state index contributed by atoms with van der Waals surface area (Å²) >= 11 is 7.67. The Morgan fingerprint density at radius 1 is 1.10 bits per heavy atom. The predicted octanol–water partition coefficient (Wildman–Crippen LogP) is 3.68. The van der Waals surface area contributed by atoms with Crippen LogP contribution in [0.5, 0.6) is 0 Å². The lowest BCUT2D eigenvalue weighted by molar-refractivity contribution is -0.157. The van der Waals surface area contributed by atoms with Crippen LogP contribution in [-0.4, -0.2) is 44.3 Å². The van der Waals surface area contributed by atoms with Gasteiger partial charge in [-0.3, -0.25) is 0 Å². The molecule has 0 aliphatic rings. The van der Waals surface area contributed by atoms with E-state index in [9.17, 15) is 9.59 Å². The van der Waals surface area contributed by atoms with Crippen LogP contribution in [0.2, 0.25) is 0 Å². The van der Waals surface area contributed by atoms with E-state index < -0.39 is 29.3 Å².